The first-order valence-electron chi connectivity index (χ1n) is 18.5. The van der Waals surface area contributed by atoms with E-state index in [1.165, 1.54) is 31.9 Å². The number of nitrogens with one attached hydrogen (secondary N) is 1. The maximum atomic E-state index is 14.0. The topological polar surface area (TPSA) is 190 Å². The quantitative estimate of drug-likeness (QED) is 0.170. The van der Waals surface area contributed by atoms with E-state index < -0.39 is 58.9 Å². The van der Waals surface area contributed by atoms with Crippen LogP contribution in [0, 0.1) is 25.2 Å². The molecule has 0 saturated carbocycles. The molecule has 0 unspecified atom stereocenters. The molecule has 3 aromatic carbocycles. The minimum Gasteiger partial charge on any atom is -0.504 e. The fraction of sp³-hybridized carbons (Fsp3) is 0.390. The van der Waals surface area contributed by atoms with Crippen molar-refractivity contribution in [1.82, 2.24) is 15.1 Å². The molecule has 294 valence electrons. The third-order valence-corrected chi connectivity index (χ3v) is 13.2. The number of fused-ring (bicyclic) bond motifs is 11. The van der Waals surface area contributed by atoms with E-state index in [0.29, 0.717) is 56.9 Å². The van der Waals surface area contributed by atoms with Crippen LogP contribution in [0.5, 0.6) is 28.7 Å². The lowest BCUT2D eigenvalue weighted by Crippen LogP contribution is -2.69. The Morgan fingerprint density at radius 2 is 1.82 bits per heavy atom. The number of aromatic hydroxyl groups is 1. The number of aryl methyl sites for hydroxylation is 1. The molecule has 6 aliphatic heterocycles. The standard InChI is InChI=1S/C41H38N4O11S/c1-17-10-21-12-24-25(13-42)45-26-14-52-41(50)23(43-39(48)22-11-20-8-6-7-9-27(20)56-40(22)49)15-57-38(32(45)31(44(24)4)28(21)33(47)34(17)51-5)30-29(26)37-36(53-16-54-37)18(2)35(30)55-19(3)46/h6-11,23-26,31-32,38,47H,12,14-16H2,1-5H3,(H,43,48)/t23-,24-,25-,26-,31+,32+,38+/m0/s1. The predicted octanol–water partition coefficient (Wildman–Crippen LogP) is 4.14. The van der Waals surface area contributed by atoms with Crippen molar-refractivity contribution < 1.29 is 47.6 Å². The number of piperazine rings is 1. The van der Waals surface area contributed by atoms with Crippen LogP contribution in [-0.2, 0) is 20.7 Å². The molecule has 7 heterocycles. The van der Waals surface area contributed by atoms with E-state index >= 15 is 0 Å². The second-order valence-electron chi connectivity index (χ2n) is 14.9. The number of benzene rings is 3. The summed E-state index contributed by atoms with van der Waals surface area (Å²) in [6, 6.07) is 8.43. The second-order valence-corrected chi connectivity index (χ2v) is 16.1. The van der Waals surface area contributed by atoms with Crippen molar-refractivity contribution in [3.8, 4) is 34.8 Å². The minimum absolute atomic E-state index is 0.00999. The molecule has 1 amide bonds. The highest BCUT2D eigenvalue weighted by Crippen LogP contribution is 2.64. The van der Waals surface area contributed by atoms with E-state index in [-0.39, 0.29) is 42.3 Å². The van der Waals surface area contributed by atoms with Gasteiger partial charge < -0.3 is 38.5 Å². The first kappa shape index (κ1) is 36.9. The zero-order valence-electron chi connectivity index (χ0n) is 31.6. The van der Waals surface area contributed by atoms with Crippen LogP contribution in [0.1, 0.15) is 68.0 Å². The van der Waals surface area contributed by atoms with Gasteiger partial charge >= 0.3 is 17.6 Å². The molecule has 0 radical (unpaired) electrons. The van der Waals surface area contributed by atoms with Gasteiger partial charge in [-0.3, -0.25) is 19.4 Å². The zero-order chi connectivity index (χ0) is 40.0. The van der Waals surface area contributed by atoms with E-state index in [1.54, 1.807) is 31.2 Å². The molecular formula is C41H38N4O11S. The van der Waals surface area contributed by atoms with Gasteiger partial charge in [0.15, 0.2) is 23.0 Å². The third-order valence-electron chi connectivity index (χ3n) is 11.9. The van der Waals surface area contributed by atoms with E-state index in [4.69, 9.17) is 28.1 Å². The Hall–Kier alpha value is -5.76. The number of rotatable bonds is 4. The van der Waals surface area contributed by atoms with Gasteiger partial charge in [0.1, 0.15) is 35.6 Å². The first-order chi connectivity index (χ1) is 27.4. The smallest absolute Gasteiger partial charge is 0.349 e. The molecule has 4 bridgehead atoms. The molecular weight excluding hydrogens is 757 g/mol. The lowest BCUT2D eigenvalue weighted by atomic mass is 9.71. The summed E-state index contributed by atoms with van der Waals surface area (Å²) in [7, 11) is 3.43. The number of ether oxygens (including phenoxy) is 5. The van der Waals surface area contributed by atoms with E-state index in [1.807, 2.05) is 20.0 Å². The Bertz CT molecular complexity index is 2520. The number of nitriles is 1. The Balaban J connectivity index is 1.23. The summed E-state index contributed by atoms with van der Waals surface area (Å²) in [5.41, 5.74) is 3.12. The maximum Gasteiger partial charge on any atom is 0.349 e. The molecule has 10 rings (SSSR count). The molecule has 15 nitrogen and oxygen atoms in total. The summed E-state index contributed by atoms with van der Waals surface area (Å²) >= 11 is 1.29. The molecule has 0 aliphatic carbocycles. The van der Waals surface area contributed by atoms with Gasteiger partial charge in [-0.2, -0.15) is 5.26 Å². The summed E-state index contributed by atoms with van der Waals surface area (Å²) < 4.78 is 35.3. The molecule has 0 spiro atoms. The van der Waals surface area contributed by atoms with Gasteiger partial charge in [0.05, 0.1) is 30.5 Å². The average Bonchev–Trinajstić information content (AvgIpc) is 3.67. The van der Waals surface area contributed by atoms with Crippen molar-refractivity contribution in [3.05, 3.63) is 85.8 Å². The van der Waals surface area contributed by atoms with Gasteiger partial charge in [0.25, 0.3) is 5.91 Å². The molecule has 2 fully saturated rings. The first-order valence-corrected chi connectivity index (χ1v) is 19.5. The van der Waals surface area contributed by atoms with Crippen LogP contribution in [0.25, 0.3) is 11.0 Å². The number of phenols is 1. The summed E-state index contributed by atoms with van der Waals surface area (Å²) in [5.74, 6) is -0.849. The number of carbonyl (C=O) groups excluding carboxylic acids is 3. The summed E-state index contributed by atoms with van der Waals surface area (Å²) in [4.78, 5) is 57.8. The van der Waals surface area contributed by atoms with Crippen LogP contribution in [0.2, 0.25) is 0 Å². The summed E-state index contributed by atoms with van der Waals surface area (Å²) in [6.07, 6.45) is 0.445. The van der Waals surface area contributed by atoms with Crippen LogP contribution >= 0.6 is 11.8 Å². The Morgan fingerprint density at radius 1 is 1.05 bits per heavy atom. The average molecular weight is 795 g/mol. The minimum atomic E-state index is -1.24. The van der Waals surface area contributed by atoms with Crippen LogP contribution in [0.3, 0.4) is 0 Å². The van der Waals surface area contributed by atoms with Crippen molar-refractivity contribution in [2.45, 2.75) is 68.7 Å². The number of methoxy groups -OCH3 is 1. The highest BCUT2D eigenvalue weighted by atomic mass is 32.2. The van der Waals surface area contributed by atoms with E-state index in [2.05, 4.69) is 21.2 Å². The number of carbonyl (C=O) groups is 3. The maximum absolute atomic E-state index is 14.0. The fourth-order valence-electron chi connectivity index (χ4n) is 9.52. The van der Waals surface area contributed by atoms with Crippen molar-refractivity contribution >= 4 is 40.6 Å². The number of para-hydroxylation sites is 1. The van der Waals surface area contributed by atoms with Crippen molar-refractivity contribution in [2.75, 3.05) is 33.3 Å². The normalized spacial score (nSPS) is 26.0. The van der Waals surface area contributed by atoms with Gasteiger partial charge in [0, 0.05) is 52.4 Å². The molecule has 2 N–H and O–H groups in total. The largest absolute Gasteiger partial charge is 0.504 e. The highest BCUT2D eigenvalue weighted by molar-refractivity contribution is 7.99. The Kier molecular flexibility index (Phi) is 8.87. The molecule has 2 saturated heterocycles. The number of nitrogens with zero attached hydrogens (tertiary/aromatic N) is 3. The second kappa shape index (κ2) is 13.7. The van der Waals surface area contributed by atoms with Crippen LogP contribution in [-0.4, -0.2) is 90.2 Å². The zero-order valence-corrected chi connectivity index (χ0v) is 32.4. The van der Waals surface area contributed by atoms with Gasteiger partial charge in [-0.1, -0.05) is 24.3 Å². The molecule has 16 heteroatoms. The summed E-state index contributed by atoms with van der Waals surface area (Å²) in [5, 5.41) is 25.6. The Morgan fingerprint density at radius 3 is 2.58 bits per heavy atom. The van der Waals surface area contributed by atoms with Crippen LogP contribution in [0.4, 0.5) is 0 Å². The predicted molar refractivity (Wildman–Crippen MR) is 204 cm³/mol. The monoisotopic (exact) mass is 794 g/mol. The van der Waals surface area contributed by atoms with Gasteiger partial charge in [-0.15, -0.1) is 11.8 Å². The summed E-state index contributed by atoms with van der Waals surface area (Å²) in [6.45, 7) is 4.54. The van der Waals surface area contributed by atoms with E-state index in [0.717, 1.165) is 11.1 Å². The van der Waals surface area contributed by atoms with Crippen molar-refractivity contribution in [1.29, 1.82) is 5.26 Å². The van der Waals surface area contributed by atoms with Crippen molar-refractivity contribution in [2.24, 2.45) is 0 Å². The number of hydrogen-bond donors (Lipinski definition) is 2. The number of phenolic OH excluding ortho intramolecular Hbond substituents is 1. The van der Waals surface area contributed by atoms with Gasteiger partial charge in [0.2, 0.25) is 6.79 Å². The molecule has 6 aliphatic rings. The number of hydrogen-bond acceptors (Lipinski definition) is 15. The number of thioether (sulfide) groups is 1. The van der Waals surface area contributed by atoms with Crippen LogP contribution < -0.4 is 29.9 Å². The molecule has 4 aromatic rings. The van der Waals surface area contributed by atoms with Gasteiger partial charge in [-0.05, 0) is 50.6 Å². The highest BCUT2D eigenvalue weighted by Gasteiger charge is 2.60. The number of esters is 2. The third kappa shape index (κ3) is 5.54. The van der Waals surface area contributed by atoms with Gasteiger partial charge in [-0.25, -0.2) is 9.59 Å². The van der Waals surface area contributed by atoms with E-state index in [9.17, 15) is 29.5 Å². The lowest BCUT2D eigenvalue weighted by Gasteiger charge is -2.61. The number of amides is 1. The molecule has 57 heavy (non-hydrogen) atoms. The SMILES string of the molecule is COc1c(C)cc2c(c1O)[C@@H]1[C@@H]3[C@@H]4SC[C@H](NC(=O)c5cc6ccccc6oc5=O)C(=O)OC[C@@H](c5c6c(c(C)c(OC(C)=O)c54)OCO6)N3[C@@H](C#N)[C@H](C2)N1C. The number of likely N-dealkylation sites (N-methyl/N-ethyl adjacent to an activating group) is 1. The molecule has 7 atom stereocenters. The van der Waals surface area contributed by atoms with Crippen LogP contribution in [0.15, 0.2) is 45.6 Å². The Labute approximate surface area is 330 Å². The molecule has 1 aromatic heterocycles. The fourth-order valence-corrected chi connectivity index (χ4v) is 11.0. The lowest BCUT2D eigenvalue weighted by molar-refractivity contribution is -0.151. The van der Waals surface area contributed by atoms with Crippen molar-refractivity contribution in [3.63, 3.8) is 0 Å².